The van der Waals surface area contributed by atoms with E-state index in [1.165, 1.54) is 25.7 Å². The van der Waals surface area contributed by atoms with Gasteiger partial charge in [0.05, 0.1) is 19.1 Å². The lowest BCUT2D eigenvalue weighted by Gasteiger charge is -2.29. The maximum absolute atomic E-state index is 13.2. The smallest absolute Gasteiger partial charge is 0.226 e. The third-order valence-corrected chi connectivity index (χ3v) is 6.18. The molecule has 0 bridgehead atoms. The summed E-state index contributed by atoms with van der Waals surface area (Å²) in [6, 6.07) is 7.88. The molecule has 5 heteroatoms. The molecule has 1 aromatic carbocycles. The first-order valence-corrected chi connectivity index (χ1v) is 10.9. The van der Waals surface area contributed by atoms with Gasteiger partial charge in [0.1, 0.15) is 5.75 Å². The van der Waals surface area contributed by atoms with Gasteiger partial charge in [-0.2, -0.15) is 0 Å². The van der Waals surface area contributed by atoms with Gasteiger partial charge in [-0.3, -0.25) is 9.59 Å². The second kappa shape index (κ2) is 9.94. The minimum Gasteiger partial charge on any atom is -0.497 e. The van der Waals surface area contributed by atoms with Crippen LogP contribution in [0.4, 0.5) is 0 Å². The molecule has 1 saturated carbocycles. The molecule has 2 fully saturated rings. The highest BCUT2D eigenvalue weighted by atomic mass is 16.5. The van der Waals surface area contributed by atoms with Gasteiger partial charge in [0, 0.05) is 19.0 Å². The predicted octanol–water partition coefficient (Wildman–Crippen LogP) is 4.22. The first-order chi connectivity index (χ1) is 13.6. The van der Waals surface area contributed by atoms with Crippen LogP contribution in [0, 0.1) is 5.92 Å². The number of likely N-dealkylation sites (tertiary alicyclic amines) is 1. The summed E-state index contributed by atoms with van der Waals surface area (Å²) in [6.07, 6.45) is 9.27. The molecule has 5 nitrogen and oxygen atoms in total. The van der Waals surface area contributed by atoms with Crippen molar-refractivity contribution in [3.05, 3.63) is 29.8 Å². The van der Waals surface area contributed by atoms with E-state index in [0.29, 0.717) is 13.0 Å². The minimum atomic E-state index is -0.319. The van der Waals surface area contributed by atoms with E-state index < -0.39 is 0 Å². The SMILES string of the molecule is CCCCN1C(=O)C[C@@H](C(=O)NC2CCCCCC2)[C@H]1c1ccc(OC)cc1. The Labute approximate surface area is 168 Å². The summed E-state index contributed by atoms with van der Waals surface area (Å²) in [5.41, 5.74) is 1.02. The van der Waals surface area contributed by atoms with Gasteiger partial charge in [-0.05, 0) is 37.0 Å². The van der Waals surface area contributed by atoms with E-state index in [9.17, 15) is 9.59 Å². The molecule has 0 radical (unpaired) electrons. The topological polar surface area (TPSA) is 58.6 Å². The van der Waals surface area contributed by atoms with Gasteiger partial charge in [-0.25, -0.2) is 0 Å². The molecule has 1 aromatic rings. The summed E-state index contributed by atoms with van der Waals surface area (Å²) in [5, 5.41) is 3.28. The zero-order valence-electron chi connectivity index (χ0n) is 17.3. The fourth-order valence-corrected chi connectivity index (χ4v) is 4.56. The second-order valence-electron chi connectivity index (χ2n) is 8.17. The quantitative estimate of drug-likeness (QED) is 0.714. The van der Waals surface area contributed by atoms with Crippen molar-refractivity contribution in [2.75, 3.05) is 13.7 Å². The van der Waals surface area contributed by atoms with E-state index in [0.717, 1.165) is 37.0 Å². The average molecular weight is 387 g/mol. The van der Waals surface area contributed by atoms with Gasteiger partial charge in [0.2, 0.25) is 11.8 Å². The highest BCUT2D eigenvalue weighted by Crippen LogP contribution is 2.39. The van der Waals surface area contributed by atoms with Gasteiger partial charge in [-0.1, -0.05) is 51.2 Å². The summed E-state index contributed by atoms with van der Waals surface area (Å²) >= 11 is 0. The van der Waals surface area contributed by atoms with Crippen LogP contribution >= 0.6 is 0 Å². The number of methoxy groups -OCH3 is 1. The van der Waals surface area contributed by atoms with Gasteiger partial charge < -0.3 is 15.0 Å². The molecule has 0 unspecified atom stereocenters. The number of rotatable bonds is 7. The fraction of sp³-hybridized carbons (Fsp3) is 0.652. The highest BCUT2D eigenvalue weighted by Gasteiger charge is 2.44. The van der Waals surface area contributed by atoms with Crippen molar-refractivity contribution in [1.82, 2.24) is 10.2 Å². The maximum Gasteiger partial charge on any atom is 0.226 e. The van der Waals surface area contributed by atoms with Crippen LogP contribution in [-0.2, 0) is 9.59 Å². The second-order valence-corrected chi connectivity index (χ2v) is 8.17. The standard InChI is InChI=1S/C23H34N2O3/c1-3-4-15-25-21(26)16-20(22(25)17-11-13-19(28-2)14-12-17)23(27)24-18-9-7-5-6-8-10-18/h11-14,18,20,22H,3-10,15-16H2,1-2H3,(H,24,27)/t20-,22-/m1/s1. The fourth-order valence-electron chi connectivity index (χ4n) is 4.56. The number of hydrogen-bond acceptors (Lipinski definition) is 3. The molecule has 2 aliphatic rings. The summed E-state index contributed by atoms with van der Waals surface area (Å²) in [5.74, 6) is 0.601. The summed E-state index contributed by atoms with van der Waals surface area (Å²) in [7, 11) is 1.64. The molecule has 1 aliphatic carbocycles. The van der Waals surface area contributed by atoms with Gasteiger partial charge in [0.15, 0.2) is 0 Å². The third kappa shape index (κ3) is 4.86. The number of carbonyl (C=O) groups excluding carboxylic acids is 2. The lowest BCUT2D eigenvalue weighted by Crippen LogP contribution is -2.41. The van der Waals surface area contributed by atoms with E-state index in [1.54, 1.807) is 7.11 Å². The number of nitrogens with one attached hydrogen (secondary N) is 1. The average Bonchev–Trinajstić information content (AvgIpc) is 2.86. The van der Waals surface area contributed by atoms with Crippen molar-refractivity contribution in [3.63, 3.8) is 0 Å². The first-order valence-electron chi connectivity index (χ1n) is 10.9. The van der Waals surface area contributed by atoms with Crippen LogP contribution in [0.3, 0.4) is 0 Å². The van der Waals surface area contributed by atoms with Crippen LogP contribution in [0.5, 0.6) is 5.75 Å². The van der Waals surface area contributed by atoms with Gasteiger partial charge >= 0.3 is 0 Å². The van der Waals surface area contributed by atoms with Crippen LogP contribution in [-0.4, -0.2) is 36.4 Å². The molecule has 0 spiro atoms. The molecule has 28 heavy (non-hydrogen) atoms. The van der Waals surface area contributed by atoms with Crippen molar-refractivity contribution in [2.45, 2.75) is 76.8 Å². The van der Waals surface area contributed by atoms with Crippen LogP contribution < -0.4 is 10.1 Å². The molecule has 1 saturated heterocycles. The molecule has 2 amide bonds. The van der Waals surface area contributed by atoms with Crippen molar-refractivity contribution < 1.29 is 14.3 Å². The normalized spacial score (nSPS) is 23.5. The number of hydrogen-bond donors (Lipinski definition) is 1. The Morgan fingerprint density at radius 1 is 1.14 bits per heavy atom. The van der Waals surface area contributed by atoms with Crippen molar-refractivity contribution >= 4 is 11.8 Å². The van der Waals surface area contributed by atoms with E-state index in [1.807, 2.05) is 29.2 Å². The minimum absolute atomic E-state index is 0.0417. The van der Waals surface area contributed by atoms with Gasteiger partial charge in [0.25, 0.3) is 0 Å². The number of unbranched alkanes of at least 4 members (excludes halogenated alkanes) is 1. The highest BCUT2D eigenvalue weighted by molar-refractivity contribution is 5.90. The van der Waals surface area contributed by atoms with E-state index in [2.05, 4.69) is 12.2 Å². The van der Waals surface area contributed by atoms with E-state index in [4.69, 9.17) is 4.74 Å². The van der Waals surface area contributed by atoms with Crippen molar-refractivity contribution in [3.8, 4) is 5.75 Å². The molecule has 1 heterocycles. The Bertz CT molecular complexity index is 650. The lowest BCUT2D eigenvalue weighted by molar-refractivity contribution is -0.129. The van der Waals surface area contributed by atoms with Crippen LogP contribution in [0.2, 0.25) is 0 Å². The number of benzene rings is 1. The molecule has 154 valence electrons. The Balaban J connectivity index is 1.79. The monoisotopic (exact) mass is 386 g/mol. The Morgan fingerprint density at radius 2 is 1.82 bits per heavy atom. The lowest BCUT2D eigenvalue weighted by atomic mass is 9.92. The maximum atomic E-state index is 13.2. The molecular formula is C23H34N2O3. The molecule has 2 atom stereocenters. The Hall–Kier alpha value is -2.04. The Morgan fingerprint density at radius 3 is 2.43 bits per heavy atom. The largest absolute Gasteiger partial charge is 0.497 e. The Kier molecular flexibility index (Phi) is 7.35. The zero-order chi connectivity index (χ0) is 19.9. The number of ether oxygens (including phenoxy) is 1. The number of carbonyl (C=O) groups is 2. The molecule has 1 aliphatic heterocycles. The summed E-state index contributed by atoms with van der Waals surface area (Å²) in [4.78, 5) is 27.9. The van der Waals surface area contributed by atoms with E-state index >= 15 is 0 Å². The van der Waals surface area contributed by atoms with E-state index in [-0.39, 0.29) is 29.8 Å². The zero-order valence-corrected chi connectivity index (χ0v) is 17.3. The summed E-state index contributed by atoms with van der Waals surface area (Å²) < 4.78 is 5.27. The van der Waals surface area contributed by atoms with Crippen molar-refractivity contribution in [1.29, 1.82) is 0 Å². The summed E-state index contributed by atoms with van der Waals surface area (Å²) in [6.45, 7) is 2.83. The van der Waals surface area contributed by atoms with Crippen LogP contribution in [0.15, 0.2) is 24.3 Å². The molecule has 1 N–H and O–H groups in total. The van der Waals surface area contributed by atoms with Crippen LogP contribution in [0.1, 0.15) is 76.3 Å². The predicted molar refractivity (Wildman–Crippen MR) is 110 cm³/mol. The first kappa shape index (κ1) is 20.7. The van der Waals surface area contributed by atoms with Crippen molar-refractivity contribution in [2.24, 2.45) is 5.92 Å². The molecule has 0 aromatic heterocycles. The molecule has 3 rings (SSSR count). The number of amides is 2. The van der Waals surface area contributed by atoms with Gasteiger partial charge in [-0.15, -0.1) is 0 Å². The third-order valence-electron chi connectivity index (χ3n) is 6.18. The molecular weight excluding hydrogens is 352 g/mol. The van der Waals surface area contributed by atoms with Crippen LogP contribution in [0.25, 0.3) is 0 Å². The number of nitrogens with zero attached hydrogens (tertiary/aromatic N) is 1.